The average molecular weight is 411 g/mol. The minimum Gasteiger partial charge on any atom is -0.496 e. The van der Waals surface area contributed by atoms with Crippen LogP contribution in [0.5, 0.6) is 11.6 Å². The van der Waals surface area contributed by atoms with Crippen molar-refractivity contribution in [3.05, 3.63) is 47.2 Å². The number of benzene rings is 1. The van der Waals surface area contributed by atoms with Gasteiger partial charge in [-0.15, -0.1) is 0 Å². The molecule has 0 saturated carbocycles. The maximum Gasteiger partial charge on any atom is 0.426 e. The van der Waals surface area contributed by atoms with Crippen molar-refractivity contribution in [3.63, 3.8) is 0 Å². The van der Waals surface area contributed by atoms with E-state index in [-0.39, 0.29) is 11.6 Å². The number of aliphatic hydroxyl groups is 1. The largest absolute Gasteiger partial charge is 0.496 e. The quantitative estimate of drug-likeness (QED) is 0.554. The number of rotatable bonds is 7. The molecule has 29 heavy (non-hydrogen) atoms. The third kappa shape index (κ3) is 4.29. The summed E-state index contributed by atoms with van der Waals surface area (Å²) in [5.74, 6) is -0.494. The molecule has 158 valence electrons. The third-order valence-electron chi connectivity index (χ3n) is 4.57. The molecule has 0 amide bonds. The van der Waals surface area contributed by atoms with E-state index in [1.54, 1.807) is 13.3 Å². The van der Waals surface area contributed by atoms with Gasteiger partial charge in [0.05, 0.1) is 31.8 Å². The van der Waals surface area contributed by atoms with E-state index in [9.17, 15) is 18.3 Å². The first kappa shape index (κ1) is 22.5. The van der Waals surface area contributed by atoms with Gasteiger partial charge in [0.15, 0.2) is 0 Å². The number of pyridine rings is 1. The second kappa shape index (κ2) is 8.69. The molecule has 1 atom stereocenters. The smallest absolute Gasteiger partial charge is 0.426 e. The Balaban J connectivity index is 2.76. The number of aryl methyl sites for hydroxylation is 1. The first-order valence-electron chi connectivity index (χ1n) is 8.82. The number of methoxy groups -OCH3 is 2. The lowest BCUT2D eigenvalue weighted by Gasteiger charge is -2.33. The number of halogens is 3. The fourth-order valence-corrected chi connectivity index (χ4v) is 2.79. The van der Waals surface area contributed by atoms with Crippen molar-refractivity contribution < 1.29 is 27.8 Å². The maximum absolute atomic E-state index is 14.2. The minimum atomic E-state index is -5.07. The molecule has 1 N–H and O–H groups in total. The number of nitrogens with zero attached hydrogens (tertiary/aromatic N) is 3. The molecule has 2 rings (SSSR count). The Kier molecular flexibility index (Phi) is 6.73. The maximum atomic E-state index is 14.2. The fraction of sp³-hybridized carbons (Fsp3) is 0.400. The Morgan fingerprint density at radius 1 is 1.21 bits per heavy atom. The van der Waals surface area contributed by atoms with Crippen LogP contribution in [0.2, 0.25) is 0 Å². The van der Waals surface area contributed by atoms with E-state index >= 15 is 0 Å². The zero-order valence-electron chi connectivity index (χ0n) is 16.9. The van der Waals surface area contributed by atoms with Crippen molar-refractivity contribution in [1.82, 2.24) is 9.88 Å². The van der Waals surface area contributed by atoms with Gasteiger partial charge in [-0.2, -0.15) is 13.2 Å². The number of aliphatic imine (C=N–C) groups is 1. The molecule has 0 fully saturated rings. The summed E-state index contributed by atoms with van der Waals surface area (Å²) in [5.41, 5.74) is -3.54. The zero-order valence-corrected chi connectivity index (χ0v) is 16.9. The lowest BCUT2D eigenvalue weighted by Crippen LogP contribution is -2.44. The SMILES string of the molecule is CCN(C)/C=N/c1cc(OC)c(C(O)(c2cccnc2OC)C(F)(F)F)cc1C. The van der Waals surface area contributed by atoms with E-state index in [1.165, 1.54) is 38.6 Å². The van der Waals surface area contributed by atoms with Gasteiger partial charge in [0.25, 0.3) is 0 Å². The zero-order chi connectivity index (χ0) is 21.8. The molecule has 1 aromatic heterocycles. The molecule has 0 aliphatic carbocycles. The van der Waals surface area contributed by atoms with Crippen molar-refractivity contribution in [2.24, 2.45) is 4.99 Å². The van der Waals surface area contributed by atoms with Crippen LogP contribution in [0.1, 0.15) is 23.6 Å². The highest BCUT2D eigenvalue weighted by atomic mass is 19.4. The molecular formula is C20H24F3N3O3. The van der Waals surface area contributed by atoms with Crippen LogP contribution in [0.25, 0.3) is 0 Å². The fourth-order valence-electron chi connectivity index (χ4n) is 2.79. The molecule has 0 radical (unpaired) electrons. The molecule has 1 heterocycles. The Bertz CT molecular complexity index is 887. The molecule has 0 spiro atoms. The topological polar surface area (TPSA) is 67.2 Å². The van der Waals surface area contributed by atoms with Gasteiger partial charge in [-0.1, -0.05) is 0 Å². The van der Waals surface area contributed by atoms with E-state index < -0.39 is 22.9 Å². The summed E-state index contributed by atoms with van der Waals surface area (Å²) >= 11 is 0. The Morgan fingerprint density at radius 3 is 2.45 bits per heavy atom. The molecule has 6 nitrogen and oxygen atoms in total. The second-order valence-corrected chi connectivity index (χ2v) is 6.43. The number of alkyl halides is 3. The predicted octanol–water partition coefficient (Wildman–Crippen LogP) is 3.82. The lowest BCUT2D eigenvalue weighted by molar-refractivity contribution is -0.249. The molecule has 0 bridgehead atoms. The van der Waals surface area contributed by atoms with Crippen molar-refractivity contribution in [2.45, 2.75) is 25.6 Å². The van der Waals surface area contributed by atoms with Crippen molar-refractivity contribution in [2.75, 3.05) is 27.8 Å². The summed E-state index contributed by atoms with van der Waals surface area (Å²) in [6.45, 7) is 4.26. The average Bonchev–Trinajstić information content (AvgIpc) is 2.70. The van der Waals surface area contributed by atoms with E-state index in [0.717, 1.165) is 6.07 Å². The highest BCUT2D eigenvalue weighted by Gasteiger charge is 2.59. The van der Waals surface area contributed by atoms with Gasteiger partial charge in [-0.05, 0) is 37.6 Å². The standard InChI is InChI=1S/C20H24F3N3O3/c1-6-26(3)12-25-16-11-17(28-4)15(10-13(16)2)19(27,20(21,22)23)14-8-7-9-24-18(14)29-5/h7-12,27H,6H2,1-5H3/b25-12+. The molecule has 1 aromatic carbocycles. The number of hydrogen-bond acceptors (Lipinski definition) is 5. The summed E-state index contributed by atoms with van der Waals surface area (Å²) in [7, 11) is 4.24. The van der Waals surface area contributed by atoms with Crippen LogP contribution < -0.4 is 9.47 Å². The molecular weight excluding hydrogens is 387 g/mol. The number of aromatic nitrogens is 1. The Hall–Kier alpha value is -2.81. The predicted molar refractivity (Wildman–Crippen MR) is 104 cm³/mol. The van der Waals surface area contributed by atoms with Crippen LogP contribution in [0.3, 0.4) is 0 Å². The van der Waals surface area contributed by atoms with Crippen molar-refractivity contribution in [3.8, 4) is 11.6 Å². The van der Waals surface area contributed by atoms with Crippen LogP contribution >= 0.6 is 0 Å². The Morgan fingerprint density at radius 2 is 1.90 bits per heavy atom. The van der Waals surface area contributed by atoms with Crippen LogP contribution in [0, 0.1) is 6.92 Å². The van der Waals surface area contributed by atoms with Gasteiger partial charge in [0, 0.05) is 31.4 Å². The monoisotopic (exact) mass is 411 g/mol. The van der Waals surface area contributed by atoms with E-state index in [4.69, 9.17) is 9.47 Å². The summed E-state index contributed by atoms with van der Waals surface area (Å²) in [4.78, 5) is 9.91. The Labute approximate surface area is 167 Å². The van der Waals surface area contributed by atoms with Crippen LogP contribution in [0.15, 0.2) is 35.5 Å². The van der Waals surface area contributed by atoms with Gasteiger partial charge in [-0.3, -0.25) is 0 Å². The molecule has 2 aromatic rings. The first-order chi connectivity index (χ1) is 13.6. The first-order valence-corrected chi connectivity index (χ1v) is 8.82. The van der Waals surface area contributed by atoms with E-state index in [2.05, 4.69) is 9.98 Å². The number of hydrogen-bond donors (Lipinski definition) is 1. The summed E-state index contributed by atoms with van der Waals surface area (Å²) in [5, 5.41) is 11.0. The van der Waals surface area contributed by atoms with E-state index in [1.807, 2.05) is 18.9 Å². The van der Waals surface area contributed by atoms with Gasteiger partial charge >= 0.3 is 6.18 Å². The van der Waals surface area contributed by atoms with Gasteiger partial charge in [0.1, 0.15) is 5.75 Å². The van der Waals surface area contributed by atoms with Gasteiger partial charge < -0.3 is 19.5 Å². The summed E-state index contributed by atoms with van der Waals surface area (Å²) < 4.78 is 52.8. The van der Waals surface area contributed by atoms with Gasteiger partial charge in [-0.25, -0.2) is 9.98 Å². The molecule has 0 aliphatic heterocycles. The summed E-state index contributed by atoms with van der Waals surface area (Å²) in [6.07, 6.45) is -2.22. The lowest BCUT2D eigenvalue weighted by atomic mass is 9.84. The normalized spacial score (nSPS) is 14.0. The highest BCUT2D eigenvalue weighted by molar-refractivity contribution is 5.66. The third-order valence-corrected chi connectivity index (χ3v) is 4.57. The summed E-state index contributed by atoms with van der Waals surface area (Å²) in [6, 6.07) is 5.01. The molecule has 9 heteroatoms. The van der Waals surface area contributed by atoms with Gasteiger partial charge in [0.2, 0.25) is 11.5 Å². The second-order valence-electron chi connectivity index (χ2n) is 6.43. The van der Waals surface area contributed by atoms with Crippen molar-refractivity contribution >= 4 is 12.0 Å². The number of ether oxygens (including phenoxy) is 2. The van der Waals surface area contributed by atoms with Crippen molar-refractivity contribution in [1.29, 1.82) is 0 Å². The molecule has 0 aliphatic rings. The van der Waals surface area contributed by atoms with Crippen LogP contribution in [-0.4, -0.2) is 55.3 Å². The minimum absolute atomic E-state index is 0.160. The highest BCUT2D eigenvalue weighted by Crippen LogP contribution is 2.50. The molecule has 0 saturated heterocycles. The van der Waals surface area contributed by atoms with E-state index in [0.29, 0.717) is 17.8 Å². The van der Waals surface area contributed by atoms with Crippen LogP contribution in [0.4, 0.5) is 18.9 Å². The van der Waals surface area contributed by atoms with Crippen LogP contribution in [-0.2, 0) is 5.60 Å². The molecule has 1 unspecified atom stereocenters.